The van der Waals surface area contributed by atoms with Gasteiger partial charge in [-0.25, -0.2) is 8.42 Å². The van der Waals surface area contributed by atoms with Gasteiger partial charge in [-0.15, -0.1) is 0 Å². The van der Waals surface area contributed by atoms with Crippen LogP contribution in [-0.4, -0.2) is 31.7 Å². The summed E-state index contributed by atoms with van der Waals surface area (Å²) < 4.78 is 23.4. The van der Waals surface area contributed by atoms with Crippen molar-refractivity contribution in [2.24, 2.45) is 0 Å². The lowest BCUT2D eigenvalue weighted by molar-refractivity contribution is 0.101. The molecular formula is C13H18N2O3S. The fraction of sp³-hybridized carbons (Fsp3) is 0.462. The van der Waals surface area contributed by atoms with Crippen LogP contribution in [0.25, 0.3) is 0 Å². The van der Waals surface area contributed by atoms with Crippen molar-refractivity contribution in [1.82, 2.24) is 0 Å². The van der Waals surface area contributed by atoms with Crippen LogP contribution in [0.5, 0.6) is 0 Å². The van der Waals surface area contributed by atoms with Crippen LogP contribution in [0, 0.1) is 0 Å². The van der Waals surface area contributed by atoms with Crippen molar-refractivity contribution < 1.29 is 13.2 Å². The van der Waals surface area contributed by atoms with Crippen molar-refractivity contribution in [3.63, 3.8) is 0 Å². The Hall–Kier alpha value is -1.56. The van der Waals surface area contributed by atoms with Gasteiger partial charge in [-0.2, -0.15) is 0 Å². The van der Waals surface area contributed by atoms with E-state index in [9.17, 15) is 13.2 Å². The molecule has 3 N–H and O–H groups in total. The molecule has 6 heteroatoms. The van der Waals surface area contributed by atoms with Crippen LogP contribution in [0.15, 0.2) is 18.2 Å². The van der Waals surface area contributed by atoms with E-state index in [4.69, 9.17) is 5.73 Å². The van der Waals surface area contributed by atoms with Gasteiger partial charge in [-0.1, -0.05) is 0 Å². The number of hydrogen-bond donors (Lipinski definition) is 2. The van der Waals surface area contributed by atoms with Gasteiger partial charge < -0.3 is 11.1 Å². The minimum absolute atomic E-state index is 0.0811. The summed E-state index contributed by atoms with van der Waals surface area (Å²) in [6.45, 7) is 1.85. The first-order valence-corrected chi connectivity index (χ1v) is 7.97. The summed E-state index contributed by atoms with van der Waals surface area (Å²) in [7, 11) is -2.94. The highest BCUT2D eigenvalue weighted by Gasteiger charge is 2.30. The molecule has 1 saturated heterocycles. The maximum Gasteiger partial charge on any atom is 0.161 e. The SMILES string of the molecule is CC(=O)c1ccc(NCC2CCCS2(=O)=O)cc1N. The maximum atomic E-state index is 11.7. The number of nitrogens with one attached hydrogen (secondary N) is 1. The van der Waals surface area contributed by atoms with E-state index in [0.717, 1.165) is 12.1 Å². The topological polar surface area (TPSA) is 89.3 Å². The molecule has 0 radical (unpaired) electrons. The normalized spacial score (nSPS) is 21.2. The van der Waals surface area contributed by atoms with E-state index in [1.165, 1.54) is 6.92 Å². The molecule has 1 fully saturated rings. The van der Waals surface area contributed by atoms with E-state index in [1.807, 2.05) is 0 Å². The van der Waals surface area contributed by atoms with E-state index >= 15 is 0 Å². The van der Waals surface area contributed by atoms with Gasteiger partial charge in [0.15, 0.2) is 15.6 Å². The van der Waals surface area contributed by atoms with Crippen molar-refractivity contribution in [3.8, 4) is 0 Å². The van der Waals surface area contributed by atoms with Gasteiger partial charge in [0.05, 0.1) is 11.0 Å². The Morgan fingerprint density at radius 3 is 2.74 bits per heavy atom. The fourth-order valence-electron chi connectivity index (χ4n) is 2.31. The van der Waals surface area contributed by atoms with Crippen LogP contribution in [0.2, 0.25) is 0 Å². The predicted molar refractivity (Wildman–Crippen MR) is 76.2 cm³/mol. The Morgan fingerprint density at radius 1 is 1.47 bits per heavy atom. The number of nitrogen functional groups attached to an aromatic ring is 1. The van der Waals surface area contributed by atoms with Gasteiger partial charge in [0.1, 0.15) is 0 Å². The van der Waals surface area contributed by atoms with E-state index in [1.54, 1.807) is 18.2 Å². The Kier molecular flexibility index (Phi) is 3.80. The molecule has 19 heavy (non-hydrogen) atoms. The Bertz CT molecular complexity index is 596. The summed E-state index contributed by atoms with van der Waals surface area (Å²) in [5, 5.41) is 2.76. The fourth-order valence-corrected chi connectivity index (χ4v) is 4.08. The van der Waals surface area contributed by atoms with Crippen molar-refractivity contribution in [3.05, 3.63) is 23.8 Å². The standard InChI is InChI=1S/C13H18N2O3S/c1-9(16)12-5-4-10(7-13(12)14)15-8-11-3-2-6-19(11,17)18/h4-5,7,11,15H,2-3,6,8,14H2,1H3. The molecule has 1 aliphatic rings. The zero-order valence-corrected chi connectivity index (χ0v) is 11.7. The summed E-state index contributed by atoms with van der Waals surface area (Å²) in [6, 6.07) is 5.07. The molecule has 1 heterocycles. The highest BCUT2D eigenvalue weighted by Crippen LogP contribution is 2.22. The van der Waals surface area contributed by atoms with Crippen LogP contribution in [0.3, 0.4) is 0 Å². The molecule has 0 bridgehead atoms. The van der Waals surface area contributed by atoms with Crippen molar-refractivity contribution in [2.75, 3.05) is 23.3 Å². The molecule has 1 unspecified atom stereocenters. The van der Waals surface area contributed by atoms with Crippen molar-refractivity contribution in [2.45, 2.75) is 25.0 Å². The third-order valence-corrected chi connectivity index (χ3v) is 5.70. The number of anilines is 2. The lowest BCUT2D eigenvalue weighted by Crippen LogP contribution is -2.25. The quantitative estimate of drug-likeness (QED) is 0.644. The molecule has 1 aliphatic heterocycles. The second kappa shape index (κ2) is 5.21. The second-order valence-corrected chi connectivity index (χ2v) is 7.27. The van der Waals surface area contributed by atoms with E-state index < -0.39 is 9.84 Å². The first-order valence-electron chi connectivity index (χ1n) is 6.26. The lowest BCUT2D eigenvalue weighted by atomic mass is 10.1. The van der Waals surface area contributed by atoms with Gasteiger partial charge in [0.2, 0.25) is 0 Å². The summed E-state index contributed by atoms with van der Waals surface area (Å²) in [5.74, 6) is 0.201. The number of nitrogens with two attached hydrogens (primary N) is 1. The van der Waals surface area contributed by atoms with Gasteiger partial charge in [-0.05, 0) is 38.0 Å². The smallest absolute Gasteiger partial charge is 0.161 e. The first kappa shape index (κ1) is 13.9. The molecule has 104 valence electrons. The average Bonchev–Trinajstić information content (AvgIpc) is 2.65. The molecule has 0 amide bonds. The van der Waals surface area contributed by atoms with Crippen LogP contribution in [0.4, 0.5) is 11.4 Å². The number of Topliss-reactive ketones (excluding diaryl/α,β-unsaturated/α-hetero) is 1. The second-order valence-electron chi connectivity index (χ2n) is 4.87. The van der Waals surface area contributed by atoms with Gasteiger partial charge >= 0.3 is 0 Å². The number of hydrogen-bond acceptors (Lipinski definition) is 5. The van der Waals surface area contributed by atoms with Gasteiger partial charge in [0, 0.05) is 23.5 Å². The lowest BCUT2D eigenvalue weighted by Gasteiger charge is -2.13. The molecule has 0 aliphatic carbocycles. The minimum atomic E-state index is -2.94. The Labute approximate surface area is 113 Å². The van der Waals surface area contributed by atoms with Crippen molar-refractivity contribution >= 4 is 27.0 Å². The predicted octanol–water partition coefficient (Wildman–Crippen LogP) is 1.46. The molecular weight excluding hydrogens is 264 g/mol. The Balaban J connectivity index is 2.05. The highest BCUT2D eigenvalue weighted by atomic mass is 32.2. The third-order valence-electron chi connectivity index (χ3n) is 3.43. The van der Waals surface area contributed by atoms with Crippen LogP contribution in [0.1, 0.15) is 30.1 Å². The van der Waals surface area contributed by atoms with Crippen LogP contribution >= 0.6 is 0 Å². The number of carbonyl (C=O) groups excluding carboxylic acids is 1. The van der Waals surface area contributed by atoms with Gasteiger partial charge in [0.25, 0.3) is 0 Å². The zero-order chi connectivity index (χ0) is 14.0. The molecule has 1 aromatic rings. The molecule has 0 aromatic heterocycles. The third kappa shape index (κ3) is 3.07. The molecule has 5 nitrogen and oxygen atoms in total. The number of carbonyl (C=O) groups is 1. The monoisotopic (exact) mass is 282 g/mol. The molecule has 0 spiro atoms. The molecule has 1 aromatic carbocycles. The molecule has 1 atom stereocenters. The average molecular weight is 282 g/mol. The number of benzene rings is 1. The minimum Gasteiger partial charge on any atom is -0.398 e. The Morgan fingerprint density at radius 2 is 2.21 bits per heavy atom. The van der Waals surface area contributed by atoms with Crippen LogP contribution in [-0.2, 0) is 9.84 Å². The zero-order valence-electron chi connectivity index (χ0n) is 10.8. The summed E-state index contributed by atoms with van der Waals surface area (Å²) in [6.07, 6.45) is 1.44. The number of ketones is 1. The number of sulfone groups is 1. The first-order chi connectivity index (χ1) is 8.90. The summed E-state index contributed by atoms with van der Waals surface area (Å²) >= 11 is 0. The van der Waals surface area contributed by atoms with E-state index in [2.05, 4.69) is 5.32 Å². The summed E-state index contributed by atoms with van der Waals surface area (Å²) in [5.41, 5.74) is 7.41. The maximum absolute atomic E-state index is 11.7. The number of rotatable bonds is 4. The molecule has 2 rings (SSSR count). The van der Waals surface area contributed by atoms with E-state index in [0.29, 0.717) is 24.2 Å². The van der Waals surface area contributed by atoms with E-state index in [-0.39, 0.29) is 16.8 Å². The van der Waals surface area contributed by atoms with Gasteiger partial charge in [-0.3, -0.25) is 4.79 Å². The largest absolute Gasteiger partial charge is 0.398 e. The van der Waals surface area contributed by atoms with Crippen molar-refractivity contribution in [1.29, 1.82) is 0 Å². The highest BCUT2D eigenvalue weighted by molar-refractivity contribution is 7.92. The summed E-state index contributed by atoms with van der Waals surface area (Å²) in [4.78, 5) is 11.2. The van der Waals surface area contributed by atoms with Crippen LogP contribution < -0.4 is 11.1 Å². The molecule has 0 saturated carbocycles.